The summed E-state index contributed by atoms with van der Waals surface area (Å²) in [6.45, 7) is 3.98. The van der Waals surface area contributed by atoms with Crippen molar-refractivity contribution in [2.45, 2.75) is 19.9 Å². The number of hydrogen-bond donors (Lipinski definition) is 1. The minimum atomic E-state index is -0.273. The summed E-state index contributed by atoms with van der Waals surface area (Å²) in [6, 6.07) is 9.04. The highest BCUT2D eigenvalue weighted by molar-refractivity contribution is 6.27. The molecular formula is C20H22N3O3+. The maximum Gasteiger partial charge on any atom is 0.266 e. The van der Waals surface area contributed by atoms with Gasteiger partial charge in [-0.2, -0.15) is 0 Å². The van der Waals surface area contributed by atoms with E-state index in [9.17, 15) is 9.59 Å². The van der Waals surface area contributed by atoms with Crippen molar-refractivity contribution in [3.63, 3.8) is 0 Å². The zero-order valence-electron chi connectivity index (χ0n) is 15.6. The summed E-state index contributed by atoms with van der Waals surface area (Å²) in [5.41, 5.74) is 2.77. The van der Waals surface area contributed by atoms with Gasteiger partial charge in [0, 0.05) is 21.9 Å². The van der Waals surface area contributed by atoms with Crippen LogP contribution >= 0.6 is 0 Å². The number of ether oxygens (including phenoxy) is 1. The maximum atomic E-state index is 13.3. The van der Waals surface area contributed by atoms with Crippen LogP contribution in [0.5, 0.6) is 5.75 Å². The summed E-state index contributed by atoms with van der Waals surface area (Å²) in [4.78, 5) is 28.0. The third-order valence-electron chi connectivity index (χ3n) is 5.77. The molecule has 134 valence electrons. The van der Waals surface area contributed by atoms with Gasteiger partial charge < -0.3 is 4.74 Å². The summed E-state index contributed by atoms with van der Waals surface area (Å²) in [5, 5.41) is 4.63. The van der Waals surface area contributed by atoms with Crippen LogP contribution in [0.4, 0.5) is 0 Å². The SMILES string of the molecule is COc1ccc2c3c(cccc13)C(=O)N(C1=C(C)N(C)[NH+](C)C1C)C2=O. The Labute approximate surface area is 152 Å². The Hall–Kier alpha value is -2.86. The minimum absolute atomic E-state index is 0.00639. The molecule has 4 rings (SSSR count). The fourth-order valence-corrected chi connectivity index (χ4v) is 4.06. The number of benzene rings is 2. The van der Waals surface area contributed by atoms with Crippen LogP contribution in [0.15, 0.2) is 41.7 Å². The number of hydrogen-bond acceptors (Lipinski definition) is 4. The number of carbonyl (C=O) groups is 2. The summed E-state index contributed by atoms with van der Waals surface area (Å²) in [5.74, 6) is 0.115. The molecule has 0 fully saturated rings. The highest BCUT2D eigenvalue weighted by Gasteiger charge is 2.44. The van der Waals surface area contributed by atoms with E-state index in [-0.39, 0.29) is 17.9 Å². The summed E-state index contributed by atoms with van der Waals surface area (Å²) in [6.07, 6.45) is 0. The van der Waals surface area contributed by atoms with Gasteiger partial charge in [0.2, 0.25) is 0 Å². The summed E-state index contributed by atoms with van der Waals surface area (Å²) < 4.78 is 5.41. The lowest BCUT2D eigenvalue weighted by Gasteiger charge is -2.29. The smallest absolute Gasteiger partial charge is 0.266 e. The normalized spacial score (nSPS) is 22.7. The van der Waals surface area contributed by atoms with Crippen LogP contribution in [0.2, 0.25) is 0 Å². The summed E-state index contributed by atoms with van der Waals surface area (Å²) in [7, 11) is 5.58. The molecule has 2 aliphatic rings. The first-order valence-electron chi connectivity index (χ1n) is 8.65. The average molecular weight is 352 g/mol. The largest absolute Gasteiger partial charge is 0.496 e. The van der Waals surface area contributed by atoms with Crippen LogP contribution < -0.4 is 9.75 Å². The van der Waals surface area contributed by atoms with Gasteiger partial charge in [0.25, 0.3) is 11.8 Å². The van der Waals surface area contributed by atoms with Gasteiger partial charge in [0.15, 0.2) is 0 Å². The van der Waals surface area contributed by atoms with Crippen molar-refractivity contribution < 1.29 is 19.3 Å². The Balaban J connectivity index is 1.96. The van der Waals surface area contributed by atoms with Crippen LogP contribution in [0.3, 0.4) is 0 Å². The number of imide groups is 1. The fourth-order valence-electron chi connectivity index (χ4n) is 4.06. The molecule has 2 atom stereocenters. The van der Waals surface area contributed by atoms with Gasteiger partial charge in [-0.1, -0.05) is 12.1 Å². The lowest BCUT2D eigenvalue weighted by molar-refractivity contribution is -0.998. The second kappa shape index (κ2) is 5.57. The molecule has 0 bridgehead atoms. The minimum Gasteiger partial charge on any atom is -0.496 e. The van der Waals surface area contributed by atoms with Crippen LogP contribution in [-0.2, 0) is 0 Å². The fraction of sp³-hybridized carbons (Fsp3) is 0.300. The van der Waals surface area contributed by atoms with Crippen molar-refractivity contribution in [2.75, 3.05) is 21.2 Å². The highest BCUT2D eigenvalue weighted by Crippen LogP contribution is 2.37. The van der Waals surface area contributed by atoms with Crippen LogP contribution in [0.1, 0.15) is 34.6 Å². The highest BCUT2D eigenvalue weighted by atomic mass is 16.5. The summed E-state index contributed by atoms with van der Waals surface area (Å²) >= 11 is 0. The molecule has 2 heterocycles. The van der Waals surface area contributed by atoms with Crippen molar-refractivity contribution in [3.8, 4) is 5.75 Å². The zero-order chi connectivity index (χ0) is 18.7. The number of nitrogens with zero attached hydrogens (tertiary/aromatic N) is 2. The third kappa shape index (κ3) is 1.96. The van der Waals surface area contributed by atoms with E-state index in [0.717, 1.165) is 21.8 Å². The molecule has 0 aromatic heterocycles. The predicted molar refractivity (Wildman–Crippen MR) is 97.8 cm³/mol. The average Bonchev–Trinajstić information content (AvgIpc) is 2.83. The quantitative estimate of drug-likeness (QED) is 0.831. The van der Waals surface area contributed by atoms with Gasteiger partial charge in [-0.3, -0.25) is 9.59 Å². The van der Waals surface area contributed by atoms with Gasteiger partial charge in [0.05, 0.1) is 26.9 Å². The van der Waals surface area contributed by atoms with Gasteiger partial charge >= 0.3 is 0 Å². The molecule has 6 nitrogen and oxygen atoms in total. The topological polar surface area (TPSA) is 54.3 Å². The van der Waals surface area contributed by atoms with Crippen molar-refractivity contribution >= 4 is 22.6 Å². The Kier molecular flexibility index (Phi) is 3.56. The second-order valence-corrected chi connectivity index (χ2v) is 6.88. The molecule has 2 amide bonds. The van der Waals surface area contributed by atoms with E-state index >= 15 is 0 Å². The number of rotatable bonds is 2. The van der Waals surface area contributed by atoms with E-state index in [0.29, 0.717) is 22.3 Å². The van der Waals surface area contributed by atoms with Crippen molar-refractivity contribution in [1.82, 2.24) is 9.91 Å². The Morgan fingerprint density at radius 3 is 2.31 bits per heavy atom. The lowest BCUT2D eigenvalue weighted by atomic mass is 9.92. The van der Waals surface area contributed by atoms with E-state index in [4.69, 9.17) is 4.74 Å². The molecule has 6 heteroatoms. The Morgan fingerprint density at radius 2 is 1.73 bits per heavy atom. The van der Waals surface area contributed by atoms with Crippen LogP contribution in [0.25, 0.3) is 10.8 Å². The Bertz CT molecular complexity index is 973. The number of carbonyl (C=O) groups excluding carboxylic acids is 2. The monoisotopic (exact) mass is 352 g/mol. The number of likely N-dealkylation sites (N-methyl/N-ethyl adjacent to an activating group) is 1. The molecule has 2 unspecified atom stereocenters. The van der Waals surface area contributed by atoms with Crippen molar-refractivity contribution in [3.05, 3.63) is 52.9 Å². The first-order chi connectivity index (χ1) is 12.4. The molecule has 0 saturated carbocycles. The van der Waals surface area contributed by atoms with Crippen molar-refractivity contribution in [2.24, 2.45) is 0 Å². The van der Waals surface area contributed by atoms with E-state index in [1.165, 1.54) is 4.90 Å². The van der Waals surface area contributed by atoms with Gasteiger partial charge in [-0.15, -0.1) is 0 Å². The van der Waals surface area contributed by atoms with Gasteiger partial charge in [-0.25, -0.2) is 14.9 Å². The lowest BCUT2D eigenvalue weighted by Crippen LogP contribution is -3.16. The molecule has 26 heavy (non-hydrogen) atoms. The predicted octanol–water partition coefficient (Wildman–Crippen LogP) is 1.44. The molecule has 0 saturated heterocycles. The number of nitrogens with one attached hydrogen (secondary N) is 1. The first kappa shape index (κ1) is 16.6. The van der Waals surface area contributed by atoms with Crippen LogP contribution in [0, 0.1) is 0 Å². The zero-order valence-corrected chi connectivity index (χ0v) is 15.6. The number of allylic oxidation sites excluding steroid dienone is 1. The molecule has 2 aromatic rings. The maximum absolute atomic E-state index is 13.3. The molecule has 2 aliphatic heterocycles. The van der Waals surface area contributed by atoms with Crippen molar-refractivity contribution in [1.29, 1.82) is 0 Å². The Morgan fingerprint density at radius 1 is 1.08 bits per heavy atom. The number of methoxy groups -OCH3 is 1. The standard InChI is InChI=1S/C20H21N3O3/c1-11-18(12(2)22(4)21(11)3)23-19(24)14-8-6-7-13-16(26-5)10-9-15(17(13)14)20(23)25/h6-11H,1-5H3/p+1. The van der Waals surface area contributed by atoms with E-state index in [1.54, 1.807) is 25.3 Å². The number of quaternary nitrogens is 1. The van der Waals surface area contributed by atoms with Gasteiger partial charge in [-0.05, 0) is 32.0 Å². The van der Waals surface area contributed by atoms with Crippen LogP contribution in [-0.4, -0.2) is 49.0 Å². The molecular weight excluding hydrogens is 330 g/mol. The number of amides is 2. The van der Waals surface area contributed by atoms with E-state index in [1.807, 2.05) is 45.1 Å². The van der Waals surface area contributed by atoms with E-state index < -0.39 is 0 Å². The first-order valence-corrected chi connectivity index (χ1v) is 8.65. The van der Waals surface area contributed by atoms with Gasteiger partial charge in [0.1, 0.15) is 17.5 Å². The third-order valence-corrected chi connectivity index (χ3v) is 5.77. The van der Waals surface area contributed by atoms with E-state index in [2.05, 4.69) is 0 Å². The molecule has 1 N–H and O–H groups in total. The molecule has 0 spiro atoms. The molecule has 0 radical (unpaired) electrons. The molecule has 0 aliphatic carbocycles. The second-order valence-electron chi connectivity index (χ2n) is 6.88. The molecule has 2 aromatic carbocycles.